The zero-order valence-corrected chi connectivity index (χ0v) is 17.9. The lowest BCUT2D eigenvalue weighted by atomic mass is 9.79. The normalized spacial score (nSPS) is 11.4. The molecule has 0 unspecified atom stereocenters. The second-order valence-electron chi connectivity index (χ2n) is 8.43. The van der Waals surface area contributed by atoms with Crippen LogP contribution in [0, 0.1) is 0 Å². The van der Waals surface area contributed by atoms with Crippen molar-refractivity contribution in [1.82, 2.24) is 0 Å². The van der Waals surface area contributed by atoms with Crippen molar-refractivity contribution < 1.29 is 20.1 Å². The van der Waals surface area contributed by atoms with E-state index >= 15 is 0 Å². The van der Waals surface area contributed by atoms with Crippen LogP contribution >= 0.6 is 0 Å². The molecule has 0 saturated carbocycles. The number of hydrogen-bond donors (Lipinski definition) is 3. The Morgan fingerprint density at radius 2 is 1.66 bits per heavy atom. The van der Waals surface area contributed by atoms with Gasteiger partial charge in [-0.05, 0) is 59.7 Å². The molecule has 0 aliphatic heterocycles. The first-order valence-corrected chi connectivity index (χ1v) is 10.2. The molecule has 0 aliphatic rings. The molecule has 0 aliphatic carbocycles. The molecule has 2 rings (SSSR count). The monoisotopic (exact) mass is 396 g/mol. The van der Waals surface area contributed by atoms with Crippen LogP contribution in [0.1, 0.15) is 81.3 Å². The Balaban J connectivity index is 2.51. The molecule has 156 valence electrons. The Hall–Kier alpha value is -2.75. The van der Waals surface area contributed by atoms with Crippen molar-refractivity contribution in [1.29, 1.82) is 0 Å². The minimum Gasteiger partial charge on any atom is -0.507 e. The maximum absolute atomic E-state index is 11.4. The summed E-state index contributed by atoms with van der Waals surface area (Å²) in [6.45, 7) is 12.1. The SMILES string of the molecule is C=C(C)c1ccc(C(=O)O)cc1-c1c(O)cc(C(C)(C)CCCCCC)cc1O. The number of hydrogen-bond acceptors (Lipinski definition) is 3. The second-order valence-corrected chi connectivity index (χ2v) is 8.43. The third-order valence-corrected chi connectivity index (χ3v) is 5.53. The minimum absolute atomic E-state index is 0.0633. The molecule has 0 heterocycles. The van der Waals surface area contributed by atoms with Crippen molar-refractivity contribution in [3.05, 3.63) is 53.6 Å². The van der Waals surface area contributed by atoms with Crippen molar-refractivity contribution in [3.63, 3.8) is 0 Å². The number of benzene rings is 2. The van der Waals surface area contributed by atoms with Crippen molar-refractivity contribution in [2.45, 2.75) is 65.2 Å². The van der Waals surface area contributed by atoms with Gasteiger partial charge in [-0.25, -0.2) is 4.79 Å². The van der Waals surface area contributed by atoms with Gasteiger partial charge in [-0.3, -0.25) is 0 Å². The number of rotatable bonds is 9. The minimum atomic E-state index is -1.07. The molecule has 0 radical (unpaired) electrons. The van der Waals surface area contributed by atoms with Gasteiger partial charge in [-0.15, -0.1) is 0 Å². The largest absolute Gasteiger partial charge is 0.507 e. The van der Waals surface area contributed by atoms with Crippen LogP contribution in [-0.4, -0.2) is 21.3 Å². The summed E-state index contributed by atoms with van der Waals surface area (Å²) in [5.41, 5.74) is 2.85. The molecule has 0 atom stereocenters. The fraction of sp³-hybridized carbons (Fsp3) is 0.400. The molecule has 3 N–H and O–H groups in total. The molecule has 0 saturated heterocycles. The average Bonchev–Trinajstić information content (AvgIpc) is 2.64. The summed E-state index contributed by atoms with van der Waals surface area (Å²) in [6.07, 6.45) is 5.59. The Labute approximate surface area is 173 Å². The third-order valence-electron chi connectivity index (χ3n) is 5.53. The smallest absolute Gasteiger partial charge is 0.335 e. The first kappa shape index (κ1) is 22.5. The van der Waals surface area contributed by atoms with Gasteiger partial charge < -0.3 is 15.3 Å². The highest BCUT2D eigenvalue weighted by molar-refractivity contribution is 5.94. The molecule has 2 aromatic carbocycles. The zero-order valence-electron chi connectivity index (χ0n) is 17.9. The number of allylic oxidation sites excluding steroid dienone is 1. The third kappa shape index (κ3) is 5.20. The Bertz CT molecular complexity index is 886. The maximum atomic E-state index is 11.4. The number of unbranched alkanes of at least 4 members (excludes halogenated alkanes) is 3. The van der Waals surface area contributed by atoms with E-state index < -0.39 is 5.97 Å². The number of carboxylic acids is 1. The fourth-order valence-electron chi connectivity index (χ4n) is 3.67. The Kier molecular flexibility index (Phi) is 7.12. The summed E-state index contributed by atoms with van der Waals surface area (Å²) in [5.74, 6) is -1.19. The van der Waals surface area contributed by atoms with Crippen LogP contribution in [0.5, 0.6) is 11.5 Å². The predicted molar refractivity (Wildman–Crippen MR) is 119 cm³/mol. The summed E-state index contributed by atoms with van der Waals surface area (Å²) in [4.78, 5) is 11.4. The predicted octanol–water partition coefficient (Wildman–Crippen LogP) is 6.74. The summed E-state index contributed by atoms with van der Waals surface area (Å²) in [5, 5.41) is 30.9. The fourth-order valence-corrected chi connectivity index (χ4v) is 3.67. The standard InChI is InChI=1S/C25H32O4/c1-6-7-8-9-12-25(4,5)18-14-21(26)23(22(27)15-18)20-13-17(24(28)29)10-11-19(20)16(2)3/h10-11,13-15,26-27H,2,6-9,12H2,1,3-5H3,(H,28,29). The van der Waals surface area contributed by atoms with E-state index in [0.29, 0.717) is 11.1 Å². The summed E-state index contributed by atoms with van der Waals surface area (Å²) < 4.78 is 0. The Morgan fingerprint density at radius 3 is 2.17 bits per heavy atom. The van der Waals surface area contributed by atoms with Gasteiger partial charge in [-0.2, -0.15) is 0 Å². The second kappa shape index (κ2) is 9.17. The lowest BCUT2D eigenvalue weighted by Crippen LogP contribution is -2.17. The Morgan fingerprint density at radius 1 is 1.03 bits per heavy atom. The van der Waals surface area contributed by atoms with Crippen molar-refractivity contribution in [2.75, 3.05) is 0 Å². The van der Waals surface area contributed by atoms with Gasteiger partial charge in [0.25, 0.3) is 0 Å². The van der Waals surface area contributed by atoms with E-state index in [0.717, 1.165) is 24.0 Å². The van der Waals surface area contributed by atoms with Crippen LogP contribution in [0.15, 0.2) is 36.9 Å². The molecule has 0 aromatic heterocycles. The highest BCUT2D eigenvalue weighted by Crippen LogP contribution is 2.44. The quantitative estimate of drug-likeness (QED) is 0.410. The van der Waals surface area contributed by atoms with Crippen LogP contribution in [-0.2, 0) is 5.41 Å². The summed E-state index contributed by atoms with van der Waals surface area (Å²) in [7, 11) is 0. The van der Waals surface area contributed by atoms with Crippen LogP contribution < -0.4 is 0 Å². The van der Waals surface area contributed by atoms with Gasteiger partial charge in [0.1, 0.15) is 11.5 Å². The van der Waals surface area contributed by atoms with E-state index in [1.807, 2.05) is 0 Å². The molecule has 29 heavy (non-hydrogen) atoms. The van der Waals surface area contributed by atoms with Crippen molar-refractivity contribution >= 4 is 11.5 Å². The van der Waals surface area contributed by atoms with Gasteiger partial charge in [0.15, 0.2) is 0 Å². The first-order chi connectivity index (χ1) is 13.6. The molecule has 0 spiro atoms. The number of phenolic OH excluding ortho intramolecular Hbond substituents is 2. The molecular formula is C25H32O4. The number of carboxylic acid groups (broad SMARTS) is 1. The number of aromatic hydroxyl groups is 2. The maximum Gasteiger partial charge on any atom is 0.335 e. The highest BCUT2D eigenvalue weighted by Gasteiger charge is 2.25. The van der Waals surface area contributed by atoms with E-state index in [4.69, 9.17) is 0 Å². The van der Waals surface area contributed by atoms with E-state index in [1.165, 1.54) is 31.4 Å². The summed E-state index contributed by atoms with van der Waals surface area (Å²) in [6, 6.07) is 8.00. The molecule has 4 nitrogen and oxygen atoms in total. The van der Waals surface area contributed by atoms with E-state index in [1.54, 1.807) is 25.1 Å². The van der Waals surface area contributed by atoms with Crippen molar-refractivity contribution in [3.8, 4) is 22.6 Å². The zero-order chi connectivity index (χ0) is 21.8. The van der Waals surface area contributed by atoms with Gasteiger partial charge in [0.05, 0.1) is 11.1 Å². The van der Waals surface area contributed by atoms with Gasteiger partial charge in [0.2, 0.25) is 0 Å². The number of carbonyl (C=O) groups is 1. The molecule has 2 aromatic rings. The lowest BCUT2D eigenvalue weighted by Gasteiger charge is -2.27. The number of aromatic carboxylic acids is 1. The molecular weight excluding hydrogens is 364 g/mol. The van der Waals surface area contributed by atoms with Crippen molar-refractivity contribution in [2.24, 2.45) is 0 Å². The van der Waals surface area contributed by atoms with Gasteiger partial charge >= 0.3 is 5.97 Å². The molecule has 0 fully saturated rings. The first-order valence-electron chi connectivity index (χ1n) is 10.2. The van der Waals surface area contributed by atoms with Crippen LogP contribution in [0.3, 0.4) is 0 Å². The van der Waals surface area contributed by atoms with Gasteiger partial charge in [-0.1, -0.05) is 64.7 Å². The van der Waals surface area contributed by atoms with E-state index in [9.17, 15) is 20.1 Å². The average molecular weight is 397 g/mol. The topological polar surface area (TPSA) is 77.8 Å². The molecule has 0 bridgehead atoms. The highest BCUT2D eigenvalue weighted by atomic mass is 16.4. The molecule has 4 heteroatoms. The van der Waals surface area contributed by atoms with Crippen LogP contribution in [0.2, 0.25) is 0 Å². The van der Waals surface area contributed by atoms with Gasteiger partial charge in [0, 0.05) is 0 Å². The lowest BCUT2D eigenvalue weighted by molar-refractivity contribution is 0.0697. The van der Waals surface area contributed by atoms with Crippen LogP contribution in [0.25, 0.3) is 16.7 Å². The van der Waals surface area contributed by atoms with Crippen LogP contribution in [0.4, 0.5) is 0 Å². The van der Waals surface area contributed by atoms with E-state index in [2.05, 4.69) is 27.4 Å². The summed E-state index contributed by atoms with van der Waals surface area (Å²) >= 11 is 0. The number of phenols is 2. The molecule has 0 amide bonds. The van der Waals surface area contributed by atoms with E-state index in [-0.39, 0.29) is 28.0 Å².